The summed E-state index contributed by atoms with van der Waals surface area (Å²) < 4.78 is 11.4. The van der Waals surface area contributed by atoms with Gasteiger partial charge in [0.05, 0.1) is 7.11 Å². The van der Waals surface area contributed by atoms with Gasteiger partial charge in [-0.05, 0) is 66.8 Å². The Hall–Kier alpha value is -3.60. The van der Waals surface area contributed by atoms with E-state index in [2.05, 4.69) is 0 Å². The van der Waals surface area contributed by atoms with Gasteiger partial charge < -0.3 is 14.1 Å². The number of aromatic nitrogens is 1. The number of rotatable bonds is 4. The summed E-state index contributed by atoms with van der Waals surface area (Å²) in [6.07, 6.45) is 1.79. The van der Waals surface area contributed by atoms with Crippen LogP contribution < -0.4 is 4.74 Å². The number of ether oxygens (including phenoxy) is 1. The lowest BCUT2D eigenvalue weighted by Gasteiger charge is -2.23. The maximum atomic E-state index is 13.2. The second-order valence-electron chi connectivity index (χ2n) is 7.94. The highest BCUT2D eigenvalue weighted by Gasteiger charge is 2.34. The first-order chi connectivity index (χ1) is 15.1. The number of hydrogen-bond acceptors (Lipinski definition) is 4. The maximum absolute atomic E-state index is 13.2. The van der Waals surface area contributed by atoms with E-state index < -0.39 is 0 Å². The van der Waals surface area contributed by atoms with Crippen molar-refractivity contribution in [3.8, 4) is 16.9 Å². The van der Waals surface area contributed by atoms with Crippen molar-refractivity contribution < 1.29 is 13.9 Å². The fraction of sp³-hybridized carbons (Fsp3) is 0.231. The minimum absolute atomic E-state index is 0.0416. The zero-order chi connectivity index (χ0) is 21.4. The third kappa shape index (κ3) is 3.56. The molecule has 5 nitrogen and oxygen atoms in total. The van der Waals surface area contributed by atoms with Gasteiger partial charge in [-0.25, -0.2) is 4.98 Å². The van der Waals surface area contributed by atoms with E-state index in [1.165, 1.54) is 0 Å². The van der Waals surface area contributed by atoms with Gasteiger partial charge in [-0.2, -0.15) is 0 Å². The first-order valence-corrected chi connectivity index (χ1v) is 10.6. The molecule has 4 aromatic rings. The molecule has 1 aliphatic rings. The quantitative estimate of drug-likeness (QED) is 0.426. The van der Waals surface area contributed by atoms with Gasteiger partial charge in [0.25, 0.3) is 5.91 Å². The van der Waals surface area contributed by atoms with E-state index in [0.29, 0.717) is 12.4 Å². The predicted octanol–water partition coefficient (Wildman–Crippen LogP) is 5.79. The molecule has 1 fully saturated rings. The lowest BCUT2D eigenvalue weighted by molar-refractivity contribution is 0.0716. The molecular weight excluding hydrogens is 388 g/mol. The number of hydrogen-bond donors (Lipinski definition) is 0. The standard InChI is InChI=1S/C26H24N2O3/c1-17-7-3-4-10-21(17)26(29)28-14-6-11-23(28)25-27-22-16-19(12-13-24(22)31-25)18-8-5-9-20(15-18)30-2/h3-5,7-10,12-13,15-16,23H,6,11,14H2,1-2H3. The molecule has 156 valence electrons. The number of aryl methyl sites for hydroxylation is 1. The molecule has 1 aliphatic heterocycles. The van der Waals surface area contributed by atoms with Gasteiger partial charge in [0.1, 0.15) is 17.3 Å². The van der Waals surface area contributed by atoms with Gasteiger partial charge in [0, 0.05) is 12.1 Å². The smallest absolute Gasteiger partial charge is 0.254 e. The molecule has 1 atom stereocenters. The van der Waals surface area contributed by atoms with Gasteiger partial charge in [0.2, 0.25) is 5.89 Å². The molecule has 1 amide bonds. The van der Waals surface area contributed by atoms with Crippen LogP contribution in [0.25, 0.3) is 22.2 Å². The molecule has 1 saturated heterocycles. The zero-order valence-corrected chi connectivity index (χ0v) is 17.7. The van der Waals surface area contributed by atoms with Crippen LogP contribution in [0.4, 0.5) is 0 Å². The number of methoxy groups -OCH3 is 1. The molecule has 0 saturated carbocycles. The van der Waals surface area contributed by atoms with Gasteiger partial charge >= 0.3 is 0 Å². The molecular formula is C26H24N2O3. The highest BCUT2D eigenvalue weighted by molar-refractivity contribution is 5.96. The maximum Gasteiger partial charge on any atom is 0.254 e. The highest BCUT2D eigenvalue weighted by atomic mass is 16.5. The van der Waals surface area contributed by atoms with Crippen LogP contribution >= 0.6 is 0 Å². The number of likely N-dealkylation sites (tertiary alicyclic amines) is 1. The van der Waals surface area contributed by atoms with E-state index in [1.807, 2.05) is 78.6 Å². The molecule has 0 spiro atoms. The van der Waals surface area contributed by atoms with Crippen LogP contribution in [0.5, 0.6) is 5.75 Å². The first kappa shape index (κ1) is 19.4. The number of benzene rings is 3. The fourth-order valence-electron chi connectivity index (χ4n) is 4.30. The summed E-state index contributed by atoms with van der Waals surface area (Å²) >= 11 is 0. The molecule has 31 heavy (non-hydrogen) atoms. The molecule has 1 aromatic heterocycles. The lowest BCUT2D eigenvalue weighted by Crippen LogP contribution is -2.31. The largest absolute Gasteiger partial charge is 0.497 e. The summed E-state index contributed by atoms with van der Waals surface area (Å²) in [6, 6.07) is 21.5. The van der Waals surface area contributed by atoms with Crippen LogP contribution in [0.2, 0.25) is 0 Å². The van der Waals surface area contributed by atoms with Gasteiger partial charge in [-0.3, -0.25) is 4.79 Å². The Balaban J connectivity index is 1.47. The minimum atomic E-state index is -0.139. The number of nitrogens with zero attached hydrogens (tertiary/aromatic N) is 2. The van der Waals surface area contributed by atoms with Crippen LogP contribution in [0.1, 0.15) is 40.7 Å². The number of carbonyl (C=O) groups is 1. The van der Waals surface area contributed by atoms with Crippen LogP contribution in [0.3, 0.4) is 0 Å². The van der Waals surface area contributed by atoms with Gasteiger partial charge in [0.15, 0.2) is 5.58 Å². The van der Waals surface area contributed by atoms with E-state index in [4.69, 9.17) is 14.1 Å². The van der Waals surface area contributed by atoms with E-state index >= 15 is 0 Å². The molecule has 5 rings (SSSR count). The lowest BCUT2D eigenvalue weighted by atomic mass is 10.1. The van der Waals surface area contributed by atoms with Crippen LogP contribution in [0, 0.1) is 6.92 Å². The molecule has 2 heterocycles. The zero-order valence-electron chi connectivity index (χ0n) is 17.7. The van der Waals surface area contributed by atoms with Crippen molar-refractivity contribution in [3.05, 3.63) is 83.7 Å². The second kappa shape index (κ2) is 7.91. The first-order valence-electron chi connectivity index (χ1n) is 10.6. The monoisotopic (exact) mass is 412 g/mol. The Morgan fingerprint density at radius 3 is 2.74 bits per heavy atom. The van der Waals surface area contributed by atoms with E-state index in [1.54, 1.807) is 7.11 Å². The molecule has 3 aromatic carbocycles. The van der Waals surface area contributed by atoms with Crippen LogP contribution in [-0.2, 0) is 0 Å². The van der Waals surface area contributed by atoms with Gasteiger partial charge in [-0.15, -0.1) is 0 Å². The average Bonchev–Trinajstić information content (AvgIpc) is 3.45. The Morgan fingerprint density at radius 1 is 1.06 bits per heavy atom. The SMILES string of the molecule is COc1cccc(-c2ccc3oc(C4CCCN4C(=O)c4ccccc4C)nc3c2)c1. The number of oxazole rings is 1. The number of fused-ring (bicyclic) bond motifs is 1. The highest BCUT2D eigenvalue weighted by Crippen LogP contribution is 2.35. The molecule has 0 N–H and O–H groups in total. The average molecular weight is 412 g/mol. The van der Waals surface area contributed by atoms with E-state index in [-0.39, 0.29) is 11.9 Å². The summed E-state index contributed by atoms with van der Waals surface area (Å²) in [5, 5.41) is 0. The van der Waals surface area contributed by atoms with Crippen molar-refractivity contribution >= 4 is 17.0 Å². The van der Waals surface area contributed by atoms with Crippen LogP contribution in [-0.4, -0.2) is 29.4 Å². The van der Waals surface area contributed by atoms with Crippen molar-refractivity contribution in [2.24, 2.45) is 0 Å². The molecule has 0 bridgehead atoms. The van der Waals surface area contributed by atoms with Crippen molar-refractivity contribution in [3.63, 3.8) is 0 Å². The summed E-state index contributed by atoms with van der Waals surface area (Å²) in [6.45, 7) is 2.68. The minimum Gasteiger partial charge on any atom is -0.497 e. The van der Waals surface area contributed by atoms with Crippen molar-refractivity contribution in [1.29, 1.82) is 0 Å². The second-order valence-corrected chi connectivity index (χ2v) is 7.94. The van der Waals surface area contributed by atoms with Crippen molar-refractivity contribution in [1.82, 2.24) is 9.88 Å². The summed E-state index contributed by atoms with van der Waals surface area (Å²) in [5.74, 6) is 1.46. The third-order valence-corrected chi connectivity index (χ3v) is 5.98. The molecule has 5 heteroatoms. The van der Waals surface area contributed by atoms with E-state index in [9.17, 15) is 4.79 Å². The topological polar surface area (TPSA) is 55.6 Å². The normalized spacial score (nSPS) is 16.1. The molecule has 0 radical (unpaired) electrons. The van der Waals surface area contributed by atoms with E-state index in [0.717, 1.165) is 51.9 Å². The van der Waals surface area contributed by atoms with Crippen molar-refractivity contribution in [2.45, 2.75) is 25.8 Å². The number of carbonyl (C=O) groups excluding carboxylic acids is 1. The third-order valence-electron chi connectivity index (χ3n) is 5.98. The fourth-order valence-corrected chi connectivity index (χ4v) is 4.30. The number of amides is 1. The Kier molecular flexibility index (Phi) is 4.94. The molecule has 1 unspecified atom stereocenters. The van der Waals surface area contributed by atoms with Crippen LogP contribution in [0.15, 0.2) is 71.1 Å². The summed E-state index contributed by atoms with van der Waals surface area (Å²) in [5.41, 5.74) is 5.36. The Labute approximate surface area is 181 Å². The Morgan fingerprint density at radius 2 is 1.90 bits per heavy atom. The predicted molar refractivity (Wildman–Crippen MR) is 120 cm³/mol. The van der Waals surface area contributed by atoms with Gasteiger partial charge in [-0.1, -0.05) is 36.4 Å². The summed E-state index contributed by atoms with van der Waals surface area (Å²) in [4.78, 5) is 19.9. The Bertz CT molecular complexity index is 1260. The molecule has 0 aliphatic carbocycles. The van der Waals surface area contributed by atoms with Crippen molar-refractivity contribution in [2.75, 3.05) is 13.7 Å². The summed E-state index contributed by atoms with van der Waals surface area (Å²) in [7, 11) is 1.66.